The molecule has 0 aromatic heterocycles. The van der Waals surface area contributed by atoms with Gasteiger partial charge in [0.1, 0.15) is 16.4 Å². The normalized spacial score (nSPS) is 11.0. The lowest BCUT2D eigenvalue weighted by atomic mass is 10.2. The van der Waals surface area contributed by atoms with Gasteiger partial charge in [-0.3, -0.25) is 4.79 Å². The summed E-state index contributed by atoms with van der Waals surface area (Å²) in [6.07, 6.45) is 0. The number of halogens is 1. The molecule has 0 aliphatic carbocycles. The molecule has 0 heterocycles. The van der Waals surface area contributed by atoms with Crippen molar-refractivity contribution >= 4 is 27.6 Å². The Labute approximate surface area is 138 Å². The summed E-state index contributed by atoms with van der Waals surface area (Å²) in [5, 5.41) is 0.0605. The first-order valence-corrected chi connectivity index (χ1v) is 8.28. The molecule has 2 N–H and O–H groups in total. The first-order valence-electron chi connectivity index (χ1n) is 6.50. The minimum atomic E-state index is -4.09. The van der Waals surface area contributed by atoms with Gasteiger partial charge in [0.15, 0.2) is 6.61 Å². The fourth-order valence-electron chi connectivity index (χ4n) is 1.82. The number of primary amides is 1. The summed E-state index contributed by atoms with van der Waals surface area (Å²) >= 11 is 5.89. The van der Waals surface area contributed by atoms with Crippen molar-refractivity contribution in [2.24, 2.45) is 5.73 Å². The number of ether oxygens (including phenoxy) is 1. The molecule has 6 nitrogen and oxygen atoms in total. The van der Waals surface area contributed by atoms with Gasteiger partial charge in [-0.1, -0.05) is 23.7 Å². The minimum absolute atomic E-state index is 0.0457. The molecule has 8 heteroatoms. The zero-order valence-electron chi connectivity index (χ0n) is 12.2. The molecule has 0 aliphatic heterocycles. The van der Waals surface area contributed by atoms with Crippen LogP contribution < -0.4 is 14.7 Å². The van der Waals surface area contributed by atoms with Crippen LogP contribution in [0.2, 0.25) is 5.02 Å². The molecule has 0 saturated carbocycles. The van der Waals surface area contributed by atoms with Gasteiger partial charge in [-0.25, -0.2) is 0 Å². The van der Waals surface area contributed by atoms with Crippen molar-refractivity contribution in [2.45, 2.75) is 11.8 Å². The van der Waals surface area contributed by atoms with Crippen molar-refractivity contribution in [1.82, 2.24) is 0 Å². The van der Waals surface area contributed by atoms with Gasteiger partial charge in [0.2, 0.25) is 0 Å². The highest BCUT2D eigenvalue weighted by Crippen LogP contribution is 2.28. The molecule has 0 spiro atoms. The van der Waals surface area contributed by atoms with Crippen molar-refractivity contribution in [3.8, 4) is 11.5 Å². The van der Waals surface area contributed by atoms with Crippen molar-refractivity contribution in [3.63, 3.8) is 0 Å². The third-order valence-electron chi connectivity index (χ3n) is 2.72. The first kappa shape index (κ1) is 17.1. The van der Waals surface area contributed by atoms with Crippen molar-refractivity contribution < 1.29 is 22.1 Å². The van der Waals surface area contributed by atoms with E-state index in [2.05, 4.69) is 0 Å². The highest BCUT2D eigenvalue weighted by Gasteiger charge is 2.20. The van der Waals surface area contributed by atoms with Gasteiger partial charge in [-0.15, -0.1) is 0 Å². The number of carbonyl (C=O) groups excluding carboxylic acids is 1. The maximum atomic E-state index is 12.3. The Hall–Kier alpha value is -2.25. The van der Waals surface area contributed by atoms with Crippen LogP contribution in [0.4, 0.5) is 0 Å². The molecule has 2 aromatic carbocycles. The Morgan fingerprint density at radius 3 is 2.48 bits per heavy atom. The molecule has 2 rings (SSSR count). The Morgan fingerprint density at radius 2 is 1.83 bits per heavy atom. The van der Waals surface area contributed by atoms with E-state index in [0.717, 1.165) is 0 Å². The summed E-state index contributed by atoms with van der Waals surface area (Å²) in [6.45, 7) is 1.41. The van der Waals surface area contributed by atoms with Crippen LogP contribution in [-0.2, 0) is 14.9 Å². The van der Waals surface area contributed by atoms with Crippen LogP contribution in [0.3, 0.4) is 0 Å². The lowest BCUT2D eigenvalue weighted by Gasteiger charge is -2.11. The molecule has 1 amide bonds. The Kier molecular flexibility index (Phi) is 5.12. The summed E-state index contributed by atoms with van der Waals surface area (Å²) in [4.78, 5) is 10.6. The highest BCUT2D eigenvalue weighted by atomic mass is 35.5. The van der Waals surface area contributed by atoms with Gasteiger partial charge in [0.05, 0.1) is 5.02 Å². The summed E-state index contributed by atoms with van der Waals surface area (Å²) in [6, 6.07) is 10.4. The lowest BCUT2D eigenvalue weighted by molar-refractivity contribution is -0.119. The molecule has 122 valence electrons. The van der Waals surface area contributed by atoms with Gasteiger partial charge >= 0.3 is 10.1 Å². The number of rotatable bonds is 6. The van der Waals surface area contributed by atoms with Gasteiger partial charge < -0.3 is 14.7 Å². The van der Waals surface area contributed by atoms with Crippen LogP contribution in [0.25, 0.3) is 0 Å². The van der Waals surface area contributed by atoms with Gasteiger partial charge in [-0.2, -0.15) is 8.42 Å². The van der Waals surface area contributed by atoms with Crippen LogP contribution in [0, 0.1) is 6.92 Å². The number of benzene rings is 2. The van der Waals surface area contributed by atoms with Crippen molar-refractivity contribution in [2.75, 3.05) is 6.61 Å². The van der Waals surface area contributed by atoms with E-state index < -0.39 is 16.0 Å². The number of aryl methyl sites for hydroxylation is 1. The van der Waals surface area contributed by atoms with Crippen LogP contribution in [0.5, 0.6) is 11.5 Å². The molecular formula is C15H14ClNO5S. The summed E-state index contributed by atoms with van der Waals surface area (Å²) in [5.41, 5.74) is 5.70. The van der Waals surface area contributed by atoms with E-state index in [0.29, 0.717) is 5.56 Å². The van der Waals surface area contributed by atoms with Crippen LogP contribution >= 0.6 is 11.6 Å². The van der Waals surface area contributed by atoms with Crippen LogP contribution in [-0.4, -0.2) is 20.9 Å². The number of amides is 1. The second-order valence-corrected chi connectivity index (χ2v) is 6.63. The zero-order valence-corrected chi connectivity index (χ0v) is 13.7. The van der Waals surface area contributed by atoms with E-state index >= 15 is 0 Å². The summed E-state index contributed by atoms with van der Waals surface area (Å²) < 4.78 is 34.8. The highest BCUT2D eigenvalue weighted by molar-refractivity contribution is 7.87. The zero-order chi connectivity index (χ0) is 17.0. The van der Waals surface area contributed by atoms with Crippen molar-refractivity contribution in [1.29, 1.82) is 0 Å². The van der Waals surface area contributed by atoms with E-state index in [1.54, 1.807) is 25.1 Å². The topological polar surface area (TPSA) is 95.7 Å². The third-order valence-corrected chi connectivity index (χ3v) is 4.47. The molecule has 2 aromatic rings. The second kappa shape index (κ2) is 6.89. The average Bonchev–Trinajstić information content (AvgIpc) is 2.44. The number of hydrogen-bond donors (Lipinski definition) is 1. The third kappa shape index (κ3) is 4.61. The fraction of sp³-hybridized carbons (Fsp3) is 0.133. The molecule has 0 radical (unpaired) electrons. The van der Waals surface area contributed by atoms with E-state index in [1.807, 2.05) is 0 Å². The van der Waals surface area contributed by atoms with E-state index in [4.69, 9.17) is 26.3 Å². The van der Waals surface area contributed by atoms with Gasteiger partial charge in [0, 0.05) is 6.07 Å². The molecule has 0 bridgehead atoms. The Morgan fingerprint density at radius 1 is 1.17 bits per heavy atom. The molecule has 0 saturated heterocycles. The fourth-order valence-corrected chi connectivity index (χ4v) is 3.23. The first-order chi connectivity index (χ1) is 10.8. The lowest BCUT2D eigenvalue weighted by Crippen LogP contribution is -2.20. The smallest absolute Gasteiger partial charge is 0.340 e. The molecule has 0 unspecified atom stereocenters. The quantitative estimate of drug-likeness (QED) is 0.802. The summed E-state index contributed by atoms with van der Waals surface area (Å²) in [7, 11) is -4.09. The molecular weight excluding hydrogens is 342 g/mol. The van der Waals surface area contributed by atoms with Gasteiger partial charge in [0.25, 0.3) is 5.91 Å². The predicted molar refractivity (Wildman–Crippen MR) is 85.1 cm³/mol. The standard InChI is InChI=1S/C15H14ClNO5S/c1-10-6-11(21-9-15(17)18)8-12(7-10)22-23(19,20)14-5-3-2-4-13(14)16/h2-8H,9H2,1H3,(H2,17,18). The number of carbonyl (C=O) groups is 1. The van der Waals surface area contributed by atoms with Gasteiger partial charge in [-0.05, 0) is 36.8 Å². The minimum Gasteiger partial charge on any atom is -0.484 e. The second-order valence-electron chi connectivity index (χ2n) is 4.70. The predicted octanol–water partition coefficient (Wildman–Crippen LogP) is 2.28. The maximum Gasteiger partial charge on any atom is 0.340 e. The summed E-state index contributed by atoms with van der Waals surface area (Å²) in [5.74, 6) is -0.324. The van der Waals surface area contributed by atoms with E-state index in [-0.39, 0.29) is 28.0 Å². The maximum absolute atomic E-state index is 12.3. The molecule has 0 fully saturated rings. The molecule has 0 atom stereocenters. The average molecular weight is 356 g/mol. The number of nitrogens with two attached hydrogens (primary N) is 1. The Balaban J connectivity index is 2.29. The van der Waals surface area contributed by atoms with E-state index in [1.165, 1.54) is 24.3 Å². The Bertz CT molecular complexity index is 836. The monoisotopic (exact) mass is 355 g/mol. The van der Waals surface area contributed by atoms with Crippen LogP contribution in [0.1, 0.15) is 5.56 Å². The largest absolute Gasteiger partial charge is 0.484 e. The number of hydrogen-bond acceptors (Lipinski definition) is 5. The van der Waals surface area contributed by atoms with Crippen molar-refractivity contribution in [3.05, 3.63) is 53.1 Å². The van der Waals surface area contributed by atoms with Crippen LogP contribution in [0.15, 0.2) is 47.4 Å². The molecule has 0 aliphatic rings. The molecule has 23 heavy (non-hydrogen) atoms. The van der Waals surface area contributed by atoms with E-state index in [9.17, 15) is 13.2 Å². The SMILES string of the molecule is Cc1cc(OCC(N)=O)cc(OS(=O)(=O)c2ccccc2Cl)c1.